The number of hydrogen-bond acceptors (Lipinski definition) is 3. The van der Waals surface area contributed by atoms with Gasteiger partial charge in [-0.05, 0) is 53.6 Å². The van der Waals surface area contributed by atoms with Crippen molar-refractivity contribution in [3.8, 4) is 5.75 Å². The van der Waals surface area contributed by atoms with Gasteiger partial charge in [-0.25, -0.2) is 0 Å². The van der Waals surface area contributed by atoms with Gasteiger partial charge in [0.1, 0.15) is 12.3 Å². The summed E-state index contributed by atoms with van der Waals surface area (Å²) in [5.74, 6) is 1.29. The van der Waals surface area contributed by atoms with Crippen LogP contribution in [-0.4, -0.2) is 31.0 Å². The SMILES string of the molecule is C[C@@H]1Oc2ccccc2N(CC(=O)NC[C@H]2CC3c4ccccc4C2c2ccccc23)C1=O. The van der Waals surface area contributed by atoms with Gasteiger partial charge < -0.3 is 10.1 Å². The second-order valence-corrected chi connectivity index (χ2v) is 9.24. The maximum atomic E-state index is 13.0. The van der Waals surface area contributed by atoms with Crippen LogP contribution in [0.3, 0.4) is 0 Å². The Balaban J connectivity index is 1.20. The van der Waals surface area contributed by atoms with Gasteiger partial charge >= 0.3 is 0 Å². The van der Waals surface area contributed by atoms with Gasteiger partial charge in [-0.3, -0.25) is 14.5 Å². The van der Waals surface area contributed by atoms with Crippen LogP contribution in [0.15, 0.2) is 72.8 Å². The Labute approximate surface area is 193 Å². The molecule has 0 aromatic heterocycles. The lowest BCUT2D eigenvalue weighted by Gasteiger charge is -2.45. The molecule has 2 atom stereocenters. The van der Waals surface area contributed by atoms with Gasteiger partial charge in [0, 0.05) is 18.4 Å². The zero-order valence-corrected chi connectivity index (χ0v) is 18.5. The summed E-state index contributed by atoms with van der Waals surface area (Å²) in [5, 5.41) is 3.14. The first kappa shape index (κ1) is 20.0. The van der Waals surface area contributed by atoms with Crippen molar-refractivity contribution >= 4 is 17.5 Å². The molecule has 7 rings (SSSR count). The molecule has 1 N–H and O–H groups in total. The van der Waals surface area contributed by atoms with Crippen LogP contribution in [0.1, 0.15) is 47.4 Å². The van der Waals surface area contributed by atoms with E-state index < -0.39 is 6.10 Å². The van der Waals surface area contributed by atoms with E-state index in [0.717, 1.165) is 6.42 Å². The summed E-state index contributed by atoms with van der Waals surface area (Å²) in [5.41, 5.74) is 6.27. The van der Waals surface area contributed by atoms with Crippen LogP contribution < -0.4 is 15.0 Å². The molecule has 5 heteroatoms. The number of hydrogen-bond donors (Lipinski definition) is 1. The minimum Gasteiger partial charge on any atom is -0.479 e. The number of nitrogens with one attached hydrogen (secondary N) is 1. The maximum absolute atomic E-state index is 13.0. The Morgan fingerprint density at radius 3 is 2.24 bits per heavy atom. The van der Waals surface area contributed by atoms with Gasteiger partial charge in [0.25, 0.3) is 5.91 Å². The first-order chi connectivity index (χ1) is 16.1. The fourth-order valence-corrected chi connectivity index (χ4v) is 5.93. The standard InChI is InChI=1S/C28H26N2O3/c1-17-28(32)30(24-12-6-7-13-25(24)33-17)16-26(31)29-15-18-14-23-19-8-2-4-10-21(19)27(18)22-11-5-3-9-20(22)23/h2-13,17-18,23,27H,14-16H2,1H3,(H,29,31)/t17-,18+,23?,27?/m0/s1. The lowest BCUT2D eigenvalue weighted by molar-refractivity contribution is -0.128. The second-order valence-electron chi connectivity index (χ2n) is 9.24. The maximum Gasteiger partial charge on any atom is 0.268 e. The summed E-state index contributed by atoms with van der Waals surface area (Å²) in [6.07, 6.45) is 0.421. The molecule has 0 saturated carbocycles. The highest BCUT2D eigenvalue weighted by Gasteiger charge is 2.43. The van der Waals surface area contributed by atoms with Crippen LogP contribution in [0.25, 0.3) is 0 Å². The molecule has 3 aromatic rings. The lowest BCUT2D eigenvalue weighted by Crippen LogP contribution is -2.49. The van der Waals surface area contributed by atoms with Gasteiger partial charge in [-0.15, -0.1) is 0 Å². The van der Waals surface area contributed by atoms with Crippen molar-refractivity contribution in [3.05, 3.63) is 95.1 Å². The fraction of sp³-hybridized carbons (Fsp3) is 0.286. The highest BCUT2D eigenvalue weighted by molar-refractivity contribution is 6.03. The first-order valence-corrected chi connectivity index (χ1v) is 11.6. The zero-order valence-electron chi connectivity index (χ0n) is 18.5. The van der Waals surface area contributed by atoms with Crippen LogP contribution in [0.2, 0.25) is 0 Å². The summed E-state index contributed by atoms with van der Waals surface area (Å²) in [4.78, 5) is 27.2. The third kappa shape index (κ3) is 3.22. The number of benzene rings is 3. The number of rotatable bonds is 4. The molecule has 3 aliphatic carbocycles. The van der Waals surface area contributed by atoms with E-state index in [1.165, 1.54) is 27.2 Å². The molecule has 5 nitrogen and oxygen atoms in total. The molecule has 1 heterocycles. The quantitative estimate of drug-likeness (QED) is 0.664. The number of anilines is 1. The molecule has 0 spiro atoms. The van der Waals surface area contributed by atoms with Crippen molar-refractivity contribution in [3.63, 3.8) is 0 Å². The molecule has 2 bridgehead atoms. The summed E-state index contributed by atoms with van der Waals surface area (Å²) in [7, 11) is 0. The number of ether oxygens (including phenoxy) is 1. The minimum absolute atomic E-state index is 0.00244. The average Bonchev–Trinajstić information content (AvgIpc) is 2.85. The number of carbonyl (C=O) groups is 2. The zero-order chi connectivity index (χ0) is 22.5. The van der Waals surface area contributed by atoms with Crippen LogP contribution in [0.5, 0.6) is 5.75 Å². The smallest absolute Gasteiger partial charge is 0.268 e. The van der Waals surface area contributed by atoms with Crippen molar-refractivity contribution in [2.45, 2.75) is 31.3 Å². The Morgan fingerprint density at radius 2 is 1.55 bits per heavy atom. The van der Waals surface area contributed by atoms with Gasteiger partial charge in [0.2, 0.25) is 5.91 Å². The van der Waals surface area contributed by atoms with E-state index in [9.17, 15) is 9.59 Å². The van der Waals surface area contributed by atoms with Crippen LogP contribution in [0.4, 0.5) is 5.69 Å². The number of amides is 2. The highest BCUT2D eigenvalue weighted by atomic mass is 16.5. The third-order valence-electron chi connectivity index (χ3n) is 7.36. The van der Waals surface area contributed by atoms with E-state index in [1.54, 1.807) is 6.92 Å². The summed E-state index contributed by atoms with van der Waals surface area (Å²) < 4.78 is 5.69. The number of para-hydroxylation sites is 2. The predicted molar refractivity (Wildman–Crippen MR) is 127 cm³/mol. The molecule has 2 amide bonds. The Morgan fingerprint density at radius 1 is 0.939 bits per heavy atom. The van der Waals surface area contributed by atoms with E-state index in [0.29, 0.717) is 29.8 Å². The van der Waals surface area contributed by atoms with Crippen molar-refractivity contribution in [2.24, 2.45) is 5.92 Å². The number of fused-ring (bicyclic) bond motifs is 2. The molecule has 0 fully saturated rings. The van der Waals surface area contributed by atoms with Gasteiger partial charge in [0.05, 0.1) is 5.69 Å². The predicted octanol–water partition coefficient (Wildman–Crippen LogP) is 4.21. The molecule has 166 valence electrons. The van der Waals surface area contributed by atoms with Gasteiger partial charge in [0.15, 0.2) is 6.10 Å². The molecule has 3 aromatic carbocycles. The van der Waals surface area contributed by atoms with Crippen LogP contribution in [0, 0.1) is 5.92 Å². The summed E-state index contributed by atoms with van der Waals surface area (Å²) >= 11 is 0. The Bertz CT molecular complexity index is 1210. The van der Waals surface area contributed by atoms with Crippen molar-refractivity contribution in [2.75, 3.05) is 18.0 Å². The molecule has 33 heavy (non-hydrogen) atoms. The molecule has 0 unspecified atom stereocenters. The topological polar surface area (TPSA) is 58.6 Å². The van der Waals surface area contributed by atoms with E-state index in [2.05, 4.69) is 53.8 Å². The average molecular weight is 439 g/mol. The van der Waals surface area contributed by atoms with E-state index in [4.69, 9.17) is 4.74 Å². The normalized spacial score (nSPS) is 24.4. The van der Waals surface area contributed by atoms with Crippen LogP contribution in [-0.2, 0) is 9.59 Å². The van der Waals surface area contributed by atoms with Crippen molar-refractivity contribution < 1.29 is 14.3 Å². The van der Waals surface area contributed by atoms with Gasteiger partial charge in [-0.1, -0.05) is 60.7 Å². The Kier molecular flexibility index (Phi) is 4.72. The minimum atomic E-state index is -0.602. The van der Waals surface area contributed by atoms with E-state index >= 15 is 0 Å². The fourth-order valence-electron chi connectivity index (χ4n) is 5.93. The first-order valence-electron chi connectivity index (χ1n) is 11.6. The highest BCUT2D eigenvalue weighted by Crippen LogP contribution is 2.55. The lowest BCUT2D eigenvalue weighted by atomic mass is 9.59. The summed E-state index contributed by atoms with van der Waals surface area (Å²) in [6.45, 7) is 2.31. The van der Waals surface area contributed by atoms with E-state index in [-0.39, 0.29) is 24.3 Å². The Hall–Kier alpha value is -3.60. The molecular formula is C28H26N2O3. The molecule has 0 saturated heterocycles. The molecule has 0 radical (unpaired) electrons. The molecular weight excluding hydrogens is 412 g/mol. The monoisotopic (exact) mass is 438 g/mol. The largest absolute Gasteiger partial charge is 0.479 e. The third-order valence-corrected chi connectivity index (χ3v) is 7.36. The van der Waals surface area contributed by atoms with Gasteiger partial charge in [-0.2, -0.15) is 0 Å². The van der Waals surface area contributed by atoms with E-state index in [1.807, 2.05) is 24.3 Å². The summed E-state index contributed by atoms with van der Waals surface area (Å²) in [6, 6.07) is 24.8. The van der Waals surface area contributed by atoms with Crippen molar-refractivity contribution in [1.82, 2.24) is 5.32 Å². The van der Waals surface area contributed by atoms with Crippen LogP contribution >= 0.6 is 0 Å². The van der Waals surface area contributed by atoms with Crippen molar-refractivity contribution in [1.29, 1.82) is 0 Å². The number of carbonyl (C=O) groups excluding carboxylic acids is 2. The molecule has 4 aliphatic rings. The molecule has 1 aliphatic heterocycles. The second kappa shape index (κ2) is 7.77. The number of nitrogens with zero attached hydrogens (tertiary/aromatic N) is 1.